The zero-order valence-electron chi connectivity index (χ0n) is 13.8. The van der Waals surface area contributed by atoms with Crippen LogP contribution in [0.3, 0.4) is 0 Å². The third-order valence-corrected chi connectivity index (χ3v) is 4.53. The summed E-state index contributed by atoms with van der Waals surface area (Å²) in [6.07, 6.45) is 3.64. The smallest absolute Gasteiger partial charge is 0.257 e. The second kappa shape index (κ2) is 5.82. The molecular weight excluding hydrogens is 320 g/mol. The molecule has 0 spiro atoms. The molecule has 8 heteroatoms. The molecule has 1 aliphatic rings. The van der Waals surface area contributed by atoms with Gasteiger partial charge in [0.25, 0.3) is 5.91 Å². The first-order valence-corrected chi connectivity index (χ1v) is 8.04. The number of aromatic amines is 1. The van der Waals surface area contributed by atoms with E-state index in [-0.39, 0.29) is 12.5 Å². The van der Waals surface area contributed by atoms with Crippen molar-refractivity contribution >= 4 is 5.91 Å². The molecule has 1 atom stereocenters. The van der Waals surface area contributed by atoms with E-state index in [1.54, 1.807) is 22.8 Å². The number of benzene rings is 1. The van der Waals surface area contributed by atoms with E-state index in [0.29, 0.717) is 29.9 Å². The molecule has 0 unspecified atom stereocenters. The zero-order valence-corrected chi connectivity index (χ0v) is 13.8. The summed E-state index contributed by atoms with van der Waals surface area (Å²) in [5, 5.41) is 25.4. The lowest BCUT2D eigenvalue weighted by atomic mass is 10.00. The fourth-order valence-corrected chi connectivity index (χ4v) is 3.23. The molecule has 3 heterocycles. The molecule has 1 saturated heterocycles. The monoisotopic (exact) mass is 338 g/mol. The number of nitrogens with one attached hydrogen (secondary N) is 1. The van der Waals surface area contributed by atoms with Crippen LogP contribution in [0.25, 0.3) is 11.3 Å². The lowest BCUT2D eigenvalue weighted by Crippen LogP contribution is -2.34. The van der Waals surface area contributed by atoms with Gasteiger partial charge in [0.1, 0.15) is 17.0 Å². The molecule has 8 nitrogen and oxygen atoms in total. The number of aryl methyl sites for hydroxylation is 1. The number of likely N-dealkylation sites (tertiary alicyclic amines) is 1. The zero-order chi connectivity index (χ0) is 17.4. The van der Waals surface area contributed by atoms with Gasteiger partial charge in [-0.05, 0) is 0 Å². The summed E-state index contributed by atoms with van der Waals surface area (Å²) in [5.74, 6) is -0.147. The van der Waals surface area contributed by atoms with Gasteiger partial charge in [-0.3, -0.25) is 9.48 Å². The average molecular weight is 338 g/mol. The summed E-state index contributed by atoms with van der Waals surface area (Å²) in [6, 6.07) is 9.60. The minimum Gasteiger partial charge on any atom is -0.381 e. The Hall–Kier alpha value is -3.00. The van der Waals surface area contributed by atoms with Crippen LogP contribution >= 0.6 is 0 Å². The SMILES string of the molecule is Cn1cc(C(=O)N2CC[C@@](O)(c3cn[nH]n3)C2)c(-c2ccccc2)n1. The standard InChI is InChI=1S/C17H18N6O2/c1-22-10-13(15(20-22)12-5-3-2-4-6-12)16(24)23-8-7-17(25,11-23)14-9-18-21-19-14/h2-6,9-10,25H,7-8,11H2,1H3,(H,18,19,21)/t17-/m0/s1. The van der Waals surface area contributed by atoms with E-state index < -0.39 is 5.60 Å². The Labute approximate surface area is 144 Å². The van der Waals surface area contributed by atoms with E-state index >= 15 is 0 Å². The fraction of sp³-hybridized carbons (Fsp3) is 0.294. The normalized spacial score (nSPS) is 20.2. The number of carbonyl (C=O) groups excluding carboxylic acids is 1. The van der Waals surface area contributed by atoms with Crippen LogP contribution < -0.4 is 0 Å². The van der Waals surface area contributed by atoms with Crippen LogP contribution in [0, 0.1) is 0 Å². The van der Waals surface area contributed by atoms with Crippen molar-refractivity contribution in [1.29, 1.82) is 0 Å². The Bertz CT molecular complexity index is 889. The molecule has 0 saturated carbocycles. The van der Waals surface area contributed by atoms with Gasteiger partial charge in [0.2, 0.25) is 0 Å². The predicted octanol–water partition coefficient (Wildman–Crippen LogP) is 0.939. The van der Waals surface area contributed by atoms with Gasteiger partial charge in [-0.15, -0.1) is 0 Å². The number of carbonyl (C=O) groups is 1. The Kier molecular flexibility index (Phi) is 3.61. The topological polar surface area (TPSA) is 99.9 Å². The van der Waals surface area contributed by atoms with Crippen molar-refractivity contribution in [3.8, 4) is 11.3 Å². The van der Waals surface area contributed by atoms with Crippen molar-refractivity contribution in [2.24, 2.45) is 7.05 Å². The maximum absolute atomic E-state index is 13.0. The lowest BCUT2D eigenvalue weighted by molar-refractivity contribution is 0.0382. The van der Waals surface area contributed by atoms with Gasteiger partial charge >= 0.3 is 0 Å². The molecule has 4 rings (SSSR count). The van der Waals surface area contributed by atoms with E-state index in [0.717, 1.165) is 5.56 Å². The van der Waals surface area contributed by atoms with Crippen LogP contribution in [0.1, 0.15) is 22.5 Å². The third kappa shape index (κ3) is 2.70. The number of H-pyrrole nitrogens is 1. The molecule has 1 fully saturated rings. The number of nitrogens with zero attached hydrogens (tertiary/aromatic N) is 5. The van der Waals surface area contributed by atoms with Gasteiger partial charge in [0.15, 0.2) is 0 Å². The maximum Gasteiger partial charge on any atom is 0.257 e. The Balaban J connectivity index is 1.63. The van der Waals surface area contributed by atoms with Crippen molar-refractivity contribution in [2.45, 2.75) is 12.0 Å². The lowest BCUT2D eigenvalue weighted by Gasteiger charge is -2.21. The van der Waals surface area contributed by atoms with Crippen LogP contribution in [-0.2, 0) is 12.6 Å². The number of aliphatic hydroxyl groups is 1. The summed E-state index contributed by atoms with van der Waals surface area (Å²) < 4.78 is 1.63. The number of hydrogen-bond donors (Lipinski definition) is 2. The quantitative estimate of drug-likeness (QED) is 0.740. The minimum absolute atomic E-state index is 0.147. The highest BCUT2D eigenvalue weighted by atomic mass is 16.3. The largest absolute Gasteiger partial charge is 0.381 e. The Morgan fingerprint density at radius 1 is 1.32 bits per heavy atom. The summed E-state index contributed by atoms with van der Waals surface area (Å²) in [6.45, 7) is 0.632. The Morgan fingerprint density at radius 2 is 2.12 bits per heavy atom. The van der Waals surface area contributed by atoms with Gasteiger partial charge in [0.05, 0.1) is 18.3 Å². The predicted molar refractivity (Wildman–Crippen MR) is 89.4 cm³/mol. The second-order valence-electron chi connectivity index (χ2n) is 6.29. The van der Waals surface area contributed by atoms with Crippen molar-refractivity contribution in [3.05, 3.63) is 54.0 Å². The third-order valence-electron chi connectivity index (χ3n) is 4.53. The van der Waals surface area contributed by atoms with Crippen LogP contribution in [0.5, 0.6) is 0 Å². The number of hydrogen-bond acceptors (Lipinski definition) is 5. The van der Waals surface area contributed by atoms with E-state index in [2.05, 4.69) is 20.5 Å². The maximum atomic E-state index is 13.0. The van der Waals surface area contributed by atoms with Gasteiger partial charge < -0.3 is 10.0 Å². The number of aromatic nitrogens is 5. The van der Waals surface area contributed by atoms with E-state index in [4.69, 9.17) is 0 Å². The minimum atomic E-state index is -1.17. The fourth-order valence-electron chi connectivity index (χ4n) is 3.23. The van der Waals surface area contributed by atoms with Crippen molar-refractivity contribution < 1.29 is 9.90 Å². The molecule has 0 bridgehead atoms. The highest BCUT2D eigenvalue weighted by Crippen LogP contribution is 2.32. The Morgan fingerprint density at radius 3 is 2.84 bits per heavy atom. The van der Waals surface area contributed by atoms with Crippen LogP contribution in [-0.4, -0.2) is 54.2 Å². The highest BCUT2D eigenvalue weighted by Gasteiger charge is 2.42. The molecule has 2 aromatic heterocycles. The van der Waals surface area contributed by atoms with E-state index in [1.807, 2.05) is 30.3 Å². The van der Waals surface area contributed by atoms with Crippen LogP contribution in [0.4, 0.5) is 0 Å². The molecule has 1 aromatic carbocycles. The first-order chi connectivity index (χ1) is 12.1. The van der Waals surface area contributed by atoms with Crippen molar-refractivity contribution in [3.63, 3.8) is 0 Å². The molecular formula is C17H18N6O2. The molecule has 3 aromatic rings. The summed E-state index contributed by atoms with van der Waals surface area (Å²) in [7, 11) is 1.79. The molecule has 0 aliphatic carbocycles. The van der Waals surface area contributed by atoms with Crippen LogP contribution in [0.15, 0.2) is 42.7 Å². The van der Waals surface area contributed by atoms with Gasteiger partial charge in [-0.25, -0.2) is 0 Å². The molecule has 0 radical (unpaired) electrons. The molecule has 128 valence electrons. The number of amides is 1. The number of β-amino-alcohol motifs (C(OH)–C–C–N with tert-alkyl or cyclic N) is 1. The first-order valence-electron chi connectivity index (χ1n) is 8.04. The van der Waals surface area contributed by atoms with E-state index in [9.17, 15) is 9.90 Å². The van der Waals surface area contributed by atoms with Gasteiger partial charge in [-0.2, -0.15) is 20.5 Å². The molecule has 1 amide bonds. The summed E-state index contributed by atoms with van der Waals surface area (Å²) in [5.41, 5.74) is 1.34. The first kappa shape index (κ1) is 15.5. The average Bonchev–Trinajstić information content (AvgIpc) is 3.35. The van der Waals surface area contributed by atoms with Crippen molar-refractivity contribution in [1.82, 2.24) is 30.1 Å². The van der Waals surface area contributed by atoms with Crippen LogP contribution in [0.2, 0.25) is 0 Å². The number of rotatable bonds is 3. The second-order valence-corrected chi connectivity index (χ2v) is 6.29. The van der Waals surface area contributed by atoms with Gasteiger partial charge in [-0.1, -0.05) is 30.3 Å². The van der Waals surface area contributed by atoms with E-state index in [1.165, 1.54) is 6.20 Å². The molecule has 2 N–H and O–H groups in total. The van der Waals surface area contributed by atoms with Gasteiger partial charge in [0, 0.05) is 31.8 Å². The molecule has 25 heavy (non-hydrogen) atoms. The summed E-state index contributed by atoms with van der Waals surface area (Å²) in [4.78, 5) is 14.7. The van der Waals surface area contributed by atoms with Crippen molar-refractivity contribution in [2.75, 3.05) is 13.1 Å². The molecule has 1 aliphatic heterocycles. The highest BCUT2D eigenvalue weighted by molar-refractivity contribution is 6.00. The summed E-state index contributed by atoms with van der Waals surface area (Å²) >= 11 is 0.